The normalized spacial score (nSPS) is 9.18. The van der Waals surface area contributed by atoms with E-state index in [0.29, 0.717) is 17.2 Å². The average molecular weight is 290 g/mol. The quantitative estimate of drug-likeness (QED) is 0.836. The van der Waals surface area contributed by atoms with Crippen LogP contribution in [-0.2, 0) is 6.61 Å². The molecule has 2 rings (SSSR count). The lowest BCUT2D eigenvalue weighted by Gasteiger charge is -2.06. The molecule has 6 heteroatoms. The van der Waals surface area contributed by atoms with Crippen molar-refractivity contribution in [3.63, 3.8) is 0 Å². The molecule has 0 aliphatic rings. The number of furan rings is 1. The lowest BCUT2D eigenvalue weighted by molar-refractivity contribution is 0.248. The van der Waals surface area contributed by atoms with E-state index in [9.17, 15) is 0 Å². The predicted octanol–water partition coefficient (Wildman–Crippen LogP) is 2.68. The van der Waals surface area contributed by atoms with Crippen LogP contribution in [0.2, 0.25) is 0 Å². The number of rotatable bonds is 4. The number of nitrogens with zero attached hydrogens (tertiary/aromatic N) is 3. The highest BCUT2D eigenvalue weighted by molar-refractivity contribution is 5.67. The minimum atomic E-state index is -0.284. The second kappa shape index (κ2) is 6.76. The van der Waals surface area contributed by atoms with Gasteiger partial charge in [-0.25, -0.2) is 0 Å². The van der Waals surface area contributed by atoms with E-state index in [2.05, 4.69) is 5.32 Å². The maximum absolute atomic E-state index is 9.02. The maximum atomic E-state index is 9.02. The van der Waals surface area contributed by atoms with E-state index in [1.807, 2.05) is 0 Å². The van der Waals surface area contributed by atoms with E-state index in [1.54, 1.807) is 54.6 Å². The summed E-state index contributed by atoms with van der Waals surface area (Å²) >= 11 is 0. The monoisotopic (exact) mass is 290 g/mol. The van der Waals surface area contributed by atoms with Gasteiger partial charge in [0.05, 0.1) is 0 Å². The van der Waals surface area contributed by atoms with Gasteiger partial charge in [0, 0.05) is 11.3 Å². The van der Waals surface area contributed by atoms with E-state index in [-0.39, 0.29) is 17.9 Å². The molecule has 0 atom stereocenters. The third-order valence-electron chi connectivity index (χ3n) is 2.82. The molecule has 2 N–H and O–H groups in total. The van der Waals surface area contributed by atoms with Gasteiger partial charge in [0.25, 0.3) is 0 Å². The summed E-state index contributed by atoms with van der Waals surface area (Å²) < 4.78 is 5.44. The molecule has 0 amide bonds. The van der Waals surface area contributed by atoms with Crippen molar-refractivity contribution in [2.75, 3.05) is 5.32 Å². The summed E-state index contributed by atoms with van der Waals surface area (Å²) in [6.07, 6.45) is 0. The number of benzene rings is 1. The third kappa shape index (κ3) is 3.13. The Morgan fingerprint density at radius 3 is 2.45 bits per heavy atom. The summed E-state index contributed by atoms with van der Waals surface area (Å²) in [6.45, 7) is -0.188. The van der Waals surface area contributed by atoms with Gasteiger partial charge in [0.15, 0.2) is 5.57 Å². The van der Waals surface area contributed by atoms with Crippen LogP contribution in [0.15, 0.2) is 52.1 Å². The maximum Gasteiger partial charge on any atom is 0.163 e. The lowest BCUT2D eigenvalue weighted by atomic mass is 10.1. The molecule has 0 spiro atoms. The summed E-state index contributed by atoms with van der Waals surface area (Å²) in [4.78, 5) is 0. The van der Waals surface area contributed by atoms with Crippen LogP contribution in [0.3, 0.4) is 0 Å². The summed E-state index contributed by atoms with van der Waals surface area (Å²) in [7, 11) is 0. The van der Waals surface area contributed by atoms with Crippen molar-refractivity contribution in [3.05, 3.63) is 53.4 Å². The minimum absolute atomic E-state index is 0.113. The van der Waals surface area contributed by atoms with Crippen LogP contribution in [0.4, 0.5) is 5.69 Å². The summed E-state index contributed by atoms with van der Waals surface area (Å²) in [5, 5.41) is 38.4. The van der Waals surface area contributed by atoms with Crippen molar-refractivity contribution in [1.82, 2.24) is 0 Å². The largest absolute Gasteiger partial charge is 0.459 e. The van der Waals surface area contributed by atoms with Crippen LogP contribution >= 0.6 is 0 Å². The summed E-state index contributed by atoms with van der Waals surface area (Å²) in [6, 6.07) is 15.5. The molecule has 2 aromatic rings. The molecular formula is C16H10N4O2. The Morgan fingerprint density at radius 1 is 1.09 bits per heavy atom. The van der Waals surface area contributed by atoms with Gasteiger partial charge in [0.2, 0.25) is 0 Å². The molecule has 1 aromatic heterocycles. The highest BCUT2D eigenvalue weighted by Gasteiger charge is 2.08. The van der Waals surface area contributed by atoms with Crippen LogP contribution in [0.25, 0.3) is 11.3 Å². The number of allylic oxidation sites excluding steroid dienone is 2. The fraction of sp³-hybridized carbons (Fsp3) is 0.0625. The van der Waals surface area contributed by atoms with Gasteiger partial charge in [-0.1, -0.05) is 12.1 Å². The number of hydrogen-bond donors (Lipinski definition) is 2. The van der Waals surface area contributed by atoms with E-state index >= 15 is 0 Å². The Hall–Kier alpha value is -3.53. The van der Waals surface area contributed by atoms with Crippen LogP contribution in [0, 0.1) is 34.0 Å². The minimum Gasteiger partial charge on any atom is -0.459 e. The summed E-state index contributed by atoms with van der Waals surface area (Å²) in [5.41, 5.74) is 0.877. The molecule has 0 saturated carbocycles. The van der Waals surface area contributed by atoms with Crippen LogP contribution < -0.4 is 5.32 Å². The molecule has 0 saturated heterocycles. The van der Waals surface area contributed by atoms with Gasteiger partial charge in [-0.15, -0.1) is 0 Å². The van der Waals surface area contributed by atoms with Gasteiger partial charge in [-0.05, 0) is 24.3 Å². The Bertz CT molecular complexity index is 828. The van der Waals surface area contributed by atoms with Crippen molar-refractivity contribution in [3.8, 4) is 29.5 Å². The van der Waals surface area contributed by atoms with Crippen molar-refractivity contribution in [2.24, 2.45) is 0 Å². The van der Waals surface area contributed by atoms with Crippen molar-refractivity contribution in [2.45, 2.75) is 6.61 Å². The van der Waals surface area contributed by atoms with Gasteiger partial charge < -0.3 is 14.8 Å². The molecule has 6 nitrogen and oxygen atoms in total. The smallest absolute Gasteiger partial charge is 0.163 e. The third-order valence-corrected chi connectivity index (χ3v) is 2.82. The fourth-order valence-corrected chi connectivity index (χ4v) is 1.80. The highest BCUT2D eigenvalue weighted by Crippen LogP contribution is 2.25. The lowest BCUT2D eigenvalue weighted by Crippen LogP contribution is -2.00. The van der Waals surface area contributed by atoms with E-state index in [0.717, 1.165) is 5.56 Å². The molecule has 1 heterocycles. The highest BCUT2D eigenvalue weighted by atomic mass is 16.4. The standard InChI is InChI=1S/C16H10N4O2/c17-7-12(8-18)15(9-19)20-13-3-1-2-11(6-13)16-5-4-14(10-21)22-16/h1-6,20-21H,10H2. The first kappa shape index (κ1) is 14.9. The zero-order valence-corrected chi connectivity index (χ0v) is 11.4. The SMILES string of the molecule is N#CC(C#N)=C(C#N)Nc1cccc(-c2ccc(CO)o2)c1. The molecule has 0 aliphatic heterocycles. The molecule has 0 aliphatic carbocycles. The molecule has 1 aromatic carbocycles. The van der Waals surface area contributed by atoms with E-state index in [4.69, 9.17) is 25.3 Å². The van der Waals surface area contributed by atoms with Gasteiger partial charge >= 0.3 is 0 Å². The molecule has 0 bridgehead atoms. The molecule has 0 radical (unpaired) electrons. The second-order valence-electron chi connectivity index (χ2n) is 4.22. The number of nitriles is 3. The van der Waals surface area contributed by atoms with Gasteiger partial charge in [0.1, 0.15) is 42.0 Å². The number of aliphatic hydroxyl groups excluding tert-OH is 1. The van der Waals surface area contributed by atoms with E-state index in [1.165, 1.54) is 0 Å². The Morgan fingerprint density at radius 2 is 1.86 bits per heavy atom. The van der Waals surface area contributed by atoms with Gasteiger partial charge in [-0.2, -0.15) is 15.8 Å². The molecular weight excluding hydrogens is 280 g/mol. The fourth-order valence-electron chi connectivity index (χ4n) is 1.80. The Balaban J connectivity index is 2.34. The first-order valence-electron chi connectivity index (χ1n) is 6.23. The Labute approximate surface area is 126 Å². The zero-order chi connectivity index (χ0) is 15.9. The van der Waals surface area contributed by atoms with Crippen LogP contribution in [0.5, 0.6) is 0 Å². The van der Waals surface area contributed by atoms with Crippen molar-refractivity contribution in [1.29, 1.82) is 15.8 Å². The Kier molecular flexibility index (Phi) is 4.57. The zero-order valence-electron chi connectivity index (χ0n) is 11.4. The first-order chi connectivity index (χ1) is 10.7. The molecule has 22 heavy (non-hydrogen) atoms. The topological polar surface area (TPSA) is 117 Å². The molecule has 0 fully saturated rings. The van der Waals surface area contributed by atoms with Gasteiger partial charge in [-0.3, -0.25) is 0 Å². The molecule has 106 valence electrons. The van der Waals surface area contributed by atoms with Crippen molar-refractivity contribution < 1.29 is 9.52 Å². The summed E-state index contributed by atoms with van der Waals surface area (Å²) in [5.74, 6) is 1.01. The first-order valence-corrected chi connectivity index (χ1v) is 6.23. The second-order valence-corrected chi connectivity index (χ2v) is 4.22. The number of anilines is 1. The predicted molar refractivity (Wildman–Crippen MR) is 77.6 cm³/mol. The van der Waals surface area contributed by atoms with Crippen LogP contribution in [0.1, 0.15) is 5.76 Å². The van der Waals surface area contributed by atoms with Crippen LogP contribution in [-0.4, -0.2) is 5.11 Å². The number of nitrogens with one attached hydrogen (secondary N) is 1. The average Bonchev–Trinajstić information content (AvgIpc) is 3.04. The van der Waals surface area contributed by atoms with E-state index < -0.39 is 0 Å². The molecule has 0 unspecified atom stereocenters. The number of aliphatic hydroxyl groups is 1. The van der Waals surface area contributed by atoms with Crippen molar-refractivity contribution >= 4 is 5.69 Å². The number of hydrogen-bond acceptors (Lipinski definition) is 6.